The number of aromatic carboxylic acids is 1. The maximum absolute atomic E-state index is 12.4. The van der Waals surface area contributed by atoms with Crippen molar-refractivity contribution < 1.29 is 41.0 Å². The normalized spacial score (nSPS) is 12.6. The van der Waals surface area contributed by atoms with Crippen LogP contribution >= 0.6 is 0 Å². The number of rotatable bonds is 4. The van der Waals surface area contributed by atoms with Crippen molar-refractivity contribution in [3.05, 3.63) is 23.4 Å². The number of alkyl halides is 6. The van der Waals surface area contributed by atoms with Gasteiger partial charge in [-0.3, -0.25) is 0 Å². The van der Waals surface area contributed by atoms with Gasteiger partial charge in [0.1, 0.15) is 0 Å². The summed E-state index contributed by atoms with van der Waals surface area (Å²) in [6.45, 7) is 1.50. The molecule has 0 aliphatic carbocycles. The largest absolute Gasteiger partial charge is 0.478 e. The summed E-state index contributed by atoms with van der Waals surface area (Å²) in [6, 6.07) is 1.54. The highest BCUT2D eigenvalue weighted by Gasteiger charge is 2.59. The van der Waals surface area contributed by atoms with Gasteiger partial charge in [0.25, 0.3) is 6.10 Å². The minimum absolute atomic E-state index is 0.00648. The van der Waals surface area contributed by atoms with E-state index in [0.29, 0.717) is 6.07 Å². The van der Waals surface area contributed by atoms with Crippen LogP contribution in [0.3, 0.4) is 0 Å². The average Bonchev–Trinajstić information content (AvgIpc) is 2.32. The molecule has 0 atom stereocenters. The number of carboxylic acid groups (broad SMARTS) is 1. The summed E-state index contributed by atoms with van der Waals surface area (Å²) in [7, 11) is 0. The van der Waals surface area contributed by atoms with Crippen LogP contribution in [0.4, 0.5) is 26.3 Å². The first kappa shape index (κ1) is 17.1. The van der Waals surface area contributed by atoms with E-state index in [0.717, 1.165) is 6.07 Å². The lowest BCUT2D eigenvalue weighted by Crippen LogP contribution is -2.46. The Morgan fingerprint density at radius 1 is 1.24 bits per heavy atom. The number of halogens is 6. The molecular formula is C11H9F6NO3. The van der Waals surface area contributed by atoms with Gasteiger partial charge in [0, 0.05) is 11.8 Å². The zero-order valence-corrected chi connectivity index (χ0v) is 10.4. The standard InChI is InChI=1S/C11H9F6NO3/c1-2-6-3-5(8(19)20)4-7(18-6)21-9(10(12,13)14)11(15,16)17/h3-4,9H,2H2,1H3,(H,19,20). The average molecular weight is 317 g/mol. The Morgan fingerprint density at radius 3 is 2.14 bits per heavy atom. The number of carbonyl (C=O) groups is 1. The minimum atomic E-state index is -5.70. The van der Waals surface area contributed by atoms with Gasteiger partial charge in [-0.2, -0.15) is 26.3 Å². The highest BCUT2D eigenvalue weighted by Crippen LogP contribution is 2.36. The first-order valence-electron chi connectivity index (χ1n) is 5.49. The number of aromatic nitrogens is 1. The van der Waals surface area contributed by atoms with Gasteiger partial charge in [0.15, 0.2) is 0 Å². The van der Waals surface area contributed by atoms with Gasteiger partial charge in [-0.1, -0.05) is 6.92 Å². The van der Waals surface area contributed by atoms with Crippen LogP contribution in [0.5, 0.6) is 5.88 Å². The molecule has 0 radical (unpaired) electrons. The van der Waals surface area contributed by atoms with E-state index in [1.165, 1.54) is 6.92 Å². The summed E-state index contributed by atoms with van der Waals surface area (Å²) in [4.78, 5) is 14.2. The van der Waals surface area contributed by atoms with Crippen LogP contribution in [-0.2, 0) is 6.42 Å². The molecule has 0 bridgehead atoms. The van der Waals surface area contributed by atoms with Crippen LogP contribution in [0.1, 0.15) is 23.0 Å². The zero-order chi connectivity index (χ0) is 16.4. The predicted octanol–water partition coefficient (Wildman–Crippen LogP) is 3.21. The van der Waals surface area contributed by atoms with E-state index >= 15 is 0 Å². The number of pyridine rings is 1. The van der Waals surface area contributed by atoms with Gasteiger partial charge in [-0.25, -0.2) is 9.78 Å². The topological polar surface area (TPSA) is 59.4 Å². The van der Waals surface area contributed by atoms with Crippen LogP contribution in [0.2, 0.25) is 0 Å². The Labute approximate surface area is 114 Å². The second-order valence-electron chi connectivity index (χ2n) is 3.93. The van der Waals surface area contributed by atoms with Crippen molar-refractivity contribution in [1.29, 1.82) is 0 Å². The number of carboxylic acids is 1. The summed E-state index contributed by atoms with van der Waals surface area (Å²) < 4.78 is 78.0. The third-order valence-electron chi connectivity index (χ3n) is 2.30. The predicted molar refractivity (Wildman–Crippen MR) is 57.1 cm³/mol. The van der Waals surface area contributed by atoms with Crippen molar-refractivity contribution in [2.75, 3.05) is 0 Å². The fourth-order valence-electron chi connectivity index (χ4n) is 1.37. The molecule has 0 unspecified atom stereocenters. The monoisotopic (exact) mass is 317 g/mol. The Morgan fingerprint density at radius 2 is 1.76 bits per heavy atom. The number of ether oxygens (including phenoxy) is 1. The molecule has 21 heavy (non-hydrogen) atoms. The van der Waals surface area contributed by atoms with E-state index in [2.05, 4.69) is 9.72 Å². The molecule has 1 heterocycles. The van der Waals surface area contributed by atoms with E-state index in [1.54, 1.807) is 0 Å². The highest BCUT2D eigenvalue weighted by molar-refractivity contribution is 5.88. The molecule has 4 nitrogen and oxygen atoms in total. The van der Waals surface area contributed by atoms with E-state index in [4.69, 9.17) is 5.11 Å². The van der Waals surface area contributed by atoms with Crippen molar-refractivity contribution in [3.63, 3.8) is 0 Å². The zero-order valence-electron chi connectivity index (χ0n) is 10.4. The Bertz CT molecular complexity index is 512. The molecule has 0 fully saturated rings. The third kappa shape index (κ3) is 4.50. The minimum Gasteiger partial charge on any atom is -0.478 e. The molecule has 0 spiro atoms. The molecule has 0 aliphatic heterocycles. The lowest BCUT2D eigenvalue weighted by Gasteiger charge is -2.23. The second kappa shape index (κ2) is 5.78. The van der Waals surface area contributed by atoms with Crippen molar-refractivity contribution in [3.8, 4) is 5.88 Å². The highest BCUT2D eigenvalue weighted by atomic mass is 19.4. The number of aryl methyl sites for hydroxylation is 1. The van der Waals surface area contributed by atoms with Gasteiger partial charge >= 0.3 is 18.3 Å². The quantitative estimate of drug-likeness (QED) is 0.866. The van der Waals surface area contributed by atoms with Gasteiger partial charge < -0.3 is 9.84 Å². The third-order valence-corrected chi connectivity index (χ3v) is 2.30. The number of hydrogen-bond donors (Lipinski definition) is 1. The molecule has 1 rings (SSSR count). The van der Waals surface area contributed by atoms with Crippen LogP contribution < -0.4 is 4.74 Å². The van der Waals surface area contributed by atoms with Crippen LogP contribution in [0, 0.1) is 0 Å². The van der Waals surface area contributed by atoms with E-state index in [-0.39, 0.29) is 12.1 Å². The van der Waals surface area contributed by atoms with Gasteiger partial charge in [-0.05, 0) is 12.5 Å². The first-order chi connectivity index (χ1) is 9.45. The van der Waals surface area contributed by atoms with Crippen LogP contribution in [0.15, 0.2) is 12.1 Å². The van der Waals surface area contributed by atoms with E-state index in [9.17, 15) is 31.1 Å². The molecule has 0 saturated carbocycles. The molecular weight excluding hydrogens is 308 g/mol. The number of hydrogen-bond acceptors (Lipinski definition) is 3. The van der Waals surface area contributed by atoms with Gasteiger partial charge in [0.2, 0.25) is 5.88 Å². The summed E-state index contributed by atoms with van der Waals surface area (Å²) in [6.07, 6.45) is -15.4. The molecule has 1 aromatic heterocycles. The second-order valence-corrected chi connectivity index (χ2v) is 3.93. The van der Waals surface area contributed by atoms with E-state index < -0.39 is 35.9 Å². The van der Waals surface area contributed by atoms with Gasteiger partial charge in [0.05, 0.1) is 5.56 Å². The molecule has 10 heteroatoms. The van der Waals surface area contributed by atoms with E-state index in [1.807, 2.05) is 0 Å². The van der Waals surface area contributed by atoms with Crippen molar-refractivity contribution in [2.45, 2.75) is 31.8 Å². The lowest BCUT2D eigenvalue weighted by molar-refractivity contribution is -0.300. The number of nitrogens with zero attached hydrogens (tertiary/aromatic N) is 1. The van der Waals surface area contributed by atoms with Crippen molar-refractivity contribution in [1.82, 2.24) is 4.98 Å². The fraction of sp³-hybridized carbons (Fsp3) is 0.455. The molecule has 0 amide bonds. The Kier molecular flexibility index (Phi) is 4.69. The van der Waals surface area contributed by atoms with Crippen molar-refractivity contribution >= 4 is 5.97 Å². The Hall–Kier alpha value is -2.00. The molecule has 118 valence electrons. The van der Waals surface area contributed by atoms with Crippen molar-refractivity contribution in [2.24, 2.45) is 0 Å². The van der Waals surface area contributed by atoms with Gasteiger partial charge in [-0.15, -0.1) is 0 Å². The summed E-state index contributed by atoms with van der Waals surface area (Å²) in [5.74, 6) is -2.57. The maximum Gasteiger partial charge on any atom is 0.434 e. The summed E-state index contributed by atoms with van der Waals surface area (Å²) in [5.41, 5.74) is -0.520. The molecule has 0 saturated heterocycles. The summed E-state index contributed by atoms with van der Waals surface area (Å²) >= 11 is 0. The first-order valence-corrected chi connectivity index (χ1v) is 5.49. The molecule has 1 aromatic rings. The van der Waals surface area contributed by atoms with Crippen LogP contribution in [-0.4, -0.2) is 34.5 Å². The lowest BCUT2D eigenvalue weighted by atomic mass is 10.2. The molecule has 1 N–H and O–H groups in total. The Balaban J connectivity index is 3.21. The molecule has 0 aromatic carbocycles. The SMILES string of the molecule is CCc1cc(C(=O)O)cc(OC(C(F)(F)F)C(F)(F)F)n1. The summed E-state index contributed by atoms with van der Waals surface area (Å²) in [5, 5.41) is 8.76. The smallest absolute Gasteiger partial charge is 0.434 e. The maximum atomic E-state index is 12.4. The fourth-order valence-corrected chi connectivity index (χ4v) is 1.37. The van der Waals surface area contributed by atoms with Crippen LogP contribution in [0.25, 0.3) is 0 Å². The molecule has 0 aliphatic rings.